The molecule has 0 unspecified atom stereocenters. The lowest BCUT2D eigenvalue weighted by molar-refractivity contribution is -0.141. The number of rotatable bonds is 12. The molecular formula is C17H25BN2O6. The van der Waals surface area contributed by atoms with E-state index in [0.29, 0.717) is 24.8 Å². The summed E-state index contributed by atoms with van der Waals surface area (Å²) in [5.41, 5.74) is 1.48. The molecule has 142 valence electrons. The van der Waals surface area contributed by atoms with E-state index in [9.17, 15) is 14.4 Å². The lowest BCUT2D eigenvalue weighted by Gasteiger charge is -2.18. The van der Waals surface area contributed by atoms with Gasteiger partial charge in [0.2, 0.25) is 12.3 Å². The summed E-state index contributed by atoms with van der Waals surface area (Å²) in [7, 11) is 0.224. The highest BCUT2D eigenvalue weighted by Gasteiger charge is 2.17. The van der Waals surface area contributed by atoms with E-state index in [2.05, 4.69) is 5.32 Å². The number of nitrogens with one attached hydrogen (secondary N) is 1. The standard InChI is InChI=1S/C17H25BN2O6/c1-20(16(22)6-2-5-15(17(23)24)19-12-21)11-3-4-13-7-9-14(10-8-13)18(25)26/h7-10,12,15,25-26H,2-6,11H2,1H3,(H,19,21)(H,23,24)/t15-/m0/s1. The van der Waals surface area contributed by atoms with Crippen LogP contribution >= 0.6 is 0 Å². The molecule has 0 saturated carbocycles. The van der Waals surface area contributed by atoms with Crippen molar-refractivity contribution in [2.24, 2.45) is 0 Å². The molecule has 0 fully saturated rings. The minimum Gasteiger partial charge on any atom is -0.480 e. The molecule has 8 nitrogen and oxygen atoms in total. The Morgan fingerprint density at radius 3 is 2.42 bits per heavy atom. The van der Waals surface area contributed by atoms with Gasteiger partial charge in [-0.3, -0.25) is 9.59 Å². The van der Waals surface area contributed by atoms with Crippen LogP contribution in [0.2, 0.25) is 0 Å². The van der Waals surface area contributed by atoms with Crippen LogP contribution < -0.4 is 10.8 Å². The SMILES string of the molecule is CN(CCCc1ccc(B(O)O)cc1)C(=O)CCC[C@H](NC=O)C(=O)O. The van der Waals surface area contributed by atoms with E-state index in [-0.39, 0.29) is 18.7 Å². The highest BCUT2D eigenvalue weighted by atomic mass is 16.4. The number of aryl methyl sites for hydroxylation is 1. The van der Waals surface area contributed by atoms with E-state index in [1.54, 1.807) is 24.1 Å². The predicted octanol–water partition coefficient (Wildman–Crippen LogP) is -0.873. The molecular weight excluding hydrogens is 339 g/mol. The number of hydrogen-bond donors (Lipinski definition) is 4. The lowest BCUT2D eigenvalue weighted by Crippen LogP contribution is -2.36. The average molecular weight is 364 g/mol. The average Bonchev–Trinajstić information content (AvgIpc) is 2.61. The molecule has 0 aliphatic carbocycles. The van der Waals surface area contributed by atoms with Gasteiger partial charge in [-0.1, -0.05) is 24.3 Å². The van der Waals surface area contributed by atoms with Gasteiger partial charge in [0.15, 0.2) is 0 Å². The number of amides is 2. The Morgan fingerprint density at radius 1 is 1.23 bits per heavy atom. The first-order valence-corrected chi connectivity index (χ1v) is 8.46. The lowest BCUT2D eigenvalue weighted by atomic mass is 9.80. The third-order valence-corrected chi connectivity index (χ3v) is 4.11. The van der Waals surface area contributed by atoms with Crippen LogP contribution in [0.4, 0.5) is 0 Å². The van der Waals surface area contributed by atoms with Gasteiger partial charge in [-0.15, -0.1) is 0 Å². The molecule has 1 aromatic rings. The van der Waals surface area contributed by atoms with Crippen molar-refractivity contribution in [3.05, 3.63) is 29.8 Å². The molecule has 0 radical (unpaired) electrons. The summed E-state index contributed by atoms with van der Waals surface area (Å²) in [6.45, 7) is 0.568. The van der Waals surface area contributed by atoms with Gasteiger partial charge in [0, 0.05) is 20.0 Å². The maximum Gasteiger partial charge on any atom is 0.488 e. The van der Waals surface area contributed by atoms with Crippen molar-refractivity contribution in [1.29, 1.82) is 0 Å². The van der Waals surface area contributed by atoms with Crippen LogP contribution in [0.1, 0.15) is 31.2 Å². The fourth-order valence-corrected chi connectivity index (χ4v) is 2.51. The summed E-state index contributed by atoms with van der Waals surface area (Å²) in [4.78, 5) is 34.9. The fourth-order valence-electron chi connectivity index (χ4n) is 2.51. The van der Waals surface area contributed by atoms with Crippen LogP contribution in [-0.4, -0.2) is 65.1 Å². The Balaban J connectivity index is 2.29. The van der Waals surface area contributed by atoms with Crippen molar-refractivity contribution >= 4 is 30.9 Å². The van der Waals surface area contributed by atoms with Crippen molar-refractivity contribution in [3.63, 3.8) is 0 Å². The van der Waals surface area contributed by atoms with E-state index in [1.807, 2.05) is 12.1 Å². The second-order valence-electron chi connectivity index (χ2n) is 6.10. The quantitative estimate of drug-likeness (QED) is 0.282. The minimum atomic E-state index is -1.48. The molecule has 0 heterocycles. The van der Waals surface area contributed by atoms with Gasteiger partial charge >= 0.3 is 13.1 Å². The van der Waals surface area contributed by atoms with E-state index < -0.39 is 19.1 Å². The number of hydrogen-bond acceptors (Lipinski definition) is 5. The number of carbonyl (C=O) groups is 3. The highest BCUT2D eigenvalue weighted by Crippen LogP contribution is 2.06. The molecule has 26 heavy (non-hydrogen) atoms. The summed E-state index contributed by atoms with van der Waals surface area (Å²) in [6, 6.07) is 5.99. The Kier molecular flexibility index (Phi) is 9.39. The number of carbonyl (C=O) groups excluding carboxylic acids is 2. The summed E-state index contributed by atoms with van der Waals surface area (Å²) in [5.74, 6) is -1.18. The number of benzene rings is 1. The first-order valence-electron chi connectivity index (χ1n) is 8.46. The first kappa shape index (κ1) is 21.7. The van der Waals surface area contributed by atoms with Gasteiger partial charge in [0.25, 0.3) is 0 Å². The van der Waals surface area contributed by atoms with Crippen LogP contribution in [0.15, 0.2) is 24.3 Å². The van der Waals surface area contributed by atoms with Gasteiger partial charge in [0.1, 0.15) is 6.04 Å². The smallest absolute Gasteiger partial charge is 0.480 e. The van der Waals surface area contributed by atoms with Gasteiger partial charge < -0.3 is 25.4 Å². The summed E-state index contributed by atoms with van der Waals surface area (Å²) < 4.78 is 0. The number of carboxylic acid groups (broad SMARTS) is 1. The van der Waals surface area contributed by atoms with E-state index in [4.69, 9.17) is 15.2 Å². The topological polar surface area (TPSA) is 127 Å². The third-order valence-electron chi connectivity index (χ3n) is 4.11. The van der Waals surface area contributed by atoms with E-state index >= 15 is 0 Å². The molecule has 9 heteroatoms. The summed E-state index contributed by atoms with van der Waals surface area (Å²) >= 11 is 0. The van der Waals surface area contributed by atoms with Gasteiger partial charge in [0.05, 0.1) is 0 Å². The number of aliphatic carboxylic acids is 1. The van der Waals surface area contributed by atoms with Gasteiger partial charge in [-0.25, -0.2) is 4.79 Å². The normalized spacial score (nSPS) is 11.5. The highest BCUT2D eigenvalue weighted by molar-refractivity contribution is 6.58. The molecule has 1 rings (SSSR count). The van der Waals surface area contributed by atoms with Crippen molar-refractivity contribution in [2.75, 3.05) is 13.6 Å². The van der Waals surface area contributed by atoms with Gasteiger partial charge in [-0.05, 0) is 36.7 Å². The van der Waals surface area contributed by atoms with Crippen LogP contribution in [0.25, 0.3) is 0 Å². The Bertz CT molecular complexity index is 593. The molecule has 4 N–H and O–H groups in total. The number of nitrogens with zero attached hydrogens (tertiary/aromatic N) is 1. The van der Waals surface area contributed by atoms with E-state index in [1.165, 1.54) is 0 Å². The molecule has 0 aliphatic heterocycles. The first-order chi connectivity index (χ1) is 12.3. The van der Waals surface area contributed by atoms with Crippen molar-refractivity contribution < 1.29 is 29.5 Å². The van der Waals surface area contributed by atoms with Gasteiger partial charge in [-0.2, -0.15) is 0 Å². The molecule has 0 bridgehead atoms. The third kappa shape index (κ3) is 7.67. The van der Waals surface area contributed by atoms with Crippen molar-refractivity contribution in [3.8, 4) is 0 Å². The van der Waals surface area contributed by atoms with Crippen molar-refractivity contribution in [1.82, 2.24) is 10.2 Å². The van der Waals surface area contributed by atoms with E-state index in [0.717, 1.165) is 18.4 Å². The molecule has 0 saturated heterocycles. The molecule has 2 amide bonds. The molecule has 0 aliphatic rings. The maximum absolute atomic E-state index is 12.0. The second kappa shape index (κ2) is 11.3. The molecule has 0 spiro atoms. The Hall–Kier alpha value is -2.39. The second-order valence-corrected chi connectivity index (χ2v) is 6.10. The number of carboxylic acids is 1. The van der Waals surface area contributed by atoms with Crippen molar-refractivity contribution in [2.45, 2.75) is 38.1 Å². The van der Waals surface area contributed by atoms with Crippen LogP contribution in [0.5, 0.6) is 0 Å². The zero-order valence-electron chi connectivity index (χ0n) is 14.8. The zero-order valence-corrected chi connectivity index (χ0v) is 14.8. The Labute approximate surface area is 153 Å². The van der Waals surface area contributed by atoms with Crippen LogP contribution in [-0.2, 0) is 20.8 Å². The Morgan fingerprint density at radius 2 is 1.88 bits per heavy atom. The fraction of sp³-hybridized carbons (Fsp3) is 0.471. The van der Waals surface area contributed by atoms with Crippen LogP contribution in [0.3, 0.4) is 0 Å². The summed E-state index contributed by atoms with van der Waals surface area (Å²) in [6.07, 6.45) is 2.67. The molecule has 1 aromatic carbocycles. The monoisotopic (exact) mass is 364 g/mol. The summed E-state index contributed by atoms with van der Waals surface area (Å²) in [5, 5.41) is 29.2. The zero-order chi connectivity index (χ0) is 19.5. The minimum absolute atomic E-state index is 0.0704. The molecule has 1 atom stereocenters. The maximum atomic E-state index is 12.0. The van der Waals surface area contributed by atoms with Crippen LogP contribution in [0, 0.1) is 0 Å². The predicted molar refractivity (Wildman–Crippen MR) is 96.7 cm³/mol. The molecule has 0 aromatic heterocycles. The largest absolute Gasteiger partial charge is 0.488 e.